The van der Waals surface area contributed by atoms with E-state index in [0.717, 1.165) is 12.0 Å². The molecule has 0 saturated heterocycles. The molecule has 2 N–H and O–H groups in total. The zero-order chi connectivity index (χ0) is 16.9. The molecule has 3 unspecified atom stereocenters. The van der Waals surface area contributed by atoms with E-state index in [1.165, 1.54) is 0 Å². The summed E-state index contributed by atoms with van der Waals surface area (Å²) in [6.45, 7) is 4.11. The summed E-state index contributed by atoms with van der Waals surface area (Å²) in [4.78, 5) is 23.9. The topological polar surface area (TPSA) is 75.6 Å². The highest BCUT2D eigenvalue weighted by atomic mass is 16.5. The Balaban J connectivity index is 1.98. The molecule has 0 aromatic heterocycles. The highest BCUT2D eigenvalue weighted by molar-refractivity contribution is 5.78. The molecule has 1 fully saturated rings. The number of carboxylic acid groups (broad SMARTS) is 1. The Morgan fingerprint density at radius 3 is 2.57 bits per heavy atom. The van der Waals surface area contributed by atoms with E-state index < -0.39 is 17.5 Å². The fourth-order valence-corrected chi connectivity index (χ4v) is 3.49. The monoisotopic (exact) mass is 319 g/mol. The molecular formula is C18H25NO4. The number of nitrogens with one attached hydrogen (secondary N) is 1. The van der Waals surface area contributed by atoms with Crippen molar-refractivity contribution in [1.82, 2.24) is 5.32 Å². The standard InChI is InChI=1S/C18H25NO4/c1-3-13-10-15(18(4-2,11-13)16(20)21)19-17(22)23-12-14-8-6-5-7-9-14/h5-9,13,15H,3-4,10-12H2,1-2H3,(H,19,22)(H,20,21). The van der Waals surface area contributed by atoms with Gasteiger partial charge in [-0.1, -0.05) is 50.6 Å². The minimum Gasteiger partial charge on any atom is -0.481 e. The summed E-state index contributed by atoms with van der Waals surface area (Å²) in [5, 5.41) is 12.5. The lowest BCUT2D eigenvalue weighted by Crippen LogP contribution is -2.48. The quantitative estimate of drug-likeness (QED) is 0.840. The molecule has 5 nitrogen and oxygen atoms in total. The SMILES string of the molecule is CCC1CC(NC(=O)OCc2ccccc2)C(CC)(C(=O)O)C1. The number of carbonyl (C=O) groups excluding carboxylic acids is 1. The number of ether oxygens (including phenoxy) is 1. The van der Waals surface area contributed by atoms with Crippen LogP contribution in [0.2, 0.25) is 0 Å². The third-order valence-electron chi connectivity index (χ3n) is 5.03. The first-order chi connectivity index (χ1) is 11.0. The van der Waals surface area contributed by atoms with Crippen LogP contribution in [-0.2, 0) is 16.1 Å². The van der Waals surface area contributed by atoms with E-state index in [9.17, 15) is 14.7 Å². The van der Waals surface area contributed by atoms with Gasteiger partial charge in [-0.15, -0.1) is 0 Å². The molecule has 1 saturated carbocycles. The van der Waals surface area contributed by atoms with Gasteiger partial charge in [0.1, 0.15) is 6.61 Å². The van der Waals surface area contributed by atoms with Gasteiger partial charge in [-0.05, 0) is 30.7 Å². The van der Waals surface area contributed by atoms with E-state index in [-0.39, 0.29) is 12.6 Å². The zero-order valence-corrected chi connectivity index (χ0v) is 13.7. The second kappa shape index (κ2) is 7.49. The Morgan fingerprint density at radius 1 is 1.30 bits per heavy atom. The first-order valence-electron chi connectivity index (χ1n) is 8.22. The molecule has 0 radical (unpaired) electrons. The van der Waals surface area contributed by atoms with Crippen LogP contribution in [0.1, 0.15) is 45.1 Å². The van der Waals surface area contributed by atoms with Gasteiger partial charge in [0, 0.05) is 6.04 Å². The van der Waals surface area contributed by atoms with Crippen LogP contribution in [0.15, 0.2) is 30.3 Å². The first kappa shape index (κ1) is 17.3. The Hall–Kier alpha value is -2.04. The number of carbonyl (C=O) groups is 2. The van der Waals surface area contributed by atoms with Gasteiger partial charge in [0.2, 0.25) is 0 Å². The number of hydrogen-bond acceptors (Lipinski definition) is 3. The number of aliphatic carboxylic acids is 1. The molecule has 1 aromatic rings. The molecule has 23 heavy (non-hydrogen) atoms. The number of hydrogen-bond donors (Lipinski definition) is 2. The van der Waals surface area contributed by atoms with Gasteiger partial charge in [-0.3, -0.25) is 4.79 Å². The third-order valence-corrected chi connectivity index (χ3v) is 5.03. The van der Waals surface area contributed by atoms with Crippen molar-refractivity contribution >= 4 is 12.1 Å². The Bertz CT molecular complexity index is 545. The molecule has 5 heteroatoms. The molecule has 2 rings (SSSR count). The van der Waals surface area contributed by atoms with Crippen LogP contribution < -0.4 is 5.32 Å². The normalized spacial score (nSPS) is 26.7. The van der Waals surface area contributed by atoms with E-state index in [4.69, 9.17) is 4.74 Å². The molecule has 3 atom stereocenters. The maximum Gasteiger partial charge on any atom is 0.407 e. The molecule has 1 aromatic carbocycles. The van der Waals surface area contributed by atoms with E-state index in [1.54, 1.807) is 0 Å². The minimum absolute atomic E-state index is 0.183. The minimum atomic E-state index is -0.882. The first-order valence-corrected chi connectivity index (χ1v) is 8.22. The van der Waals surface area contributed by atoms with Gasteiger partial charge in [-0.2, -0.15) is 0 Å². The highest BCUT2D eigenvalue weighted by Crippen LogP contribution is 2.46. The van der Waals surface area contributed by atoms with Gasteiger partial charge in [0.15, 0.2) is 0 Å². The van der Waals surface area contributed by atoms with Gasteiger partial charge in [0.25, 0.3) is 0 Å². The molecule has 0 spiro atoms. The second-order valence-corrected chi connectivity index (χ2v) is 6.29. The van der Waals surface area contributed by atoms with Crippen LogP contribution in [0, 0.1) is 11.3 Å². The predicted octanol–water partition coefficient (Wildman–Crippen LogP) is 3.58. The summed E-state index contributed by atoms with van der Waals surface area (Å²) in [6, 6.07) is 9.04. The number of carboxylic acids is 1. The van der Waals surface area contributed by atoms with Crippen LogP contribution in [0.4, 0.5) is 4.79 Å². The summed E-state index contributed by atoms with van der Waals surface area (Å²) in [7, 11) is 0. The molecule has 126 valence electrons. The highest BCUT2D eigenvalue weighted by Gasteiger charge is 2.51. The summed E-state index contributed by atoms with van der Waals surface area (Å²) in [6.07, 6.45) is 2.18. The molecule has 1 amide bonds. The summed E-state index contributed by atoms with van der Waals surface area (Å²) in [5.74, 6) is -0.505. The lowest BCUT2D eigenvalue weighted by Gasteiger charge is -2.30. The fourth-order valence-electron chi connectivity index (χ4n) is 3.49. The molecule has 1 aliphatic carbocycles. The second-order valence-electron chi connectivity index (χ2n) is 6.29. The zero-order valence-electron chi connectivity index (χ0n) is 13.7. The molecule has 1 aliphatic rings. The Kier molecular flexibility index (Phi) is 5.64. The van der Waals surface area contributed by atoms with Crippen molar-refractivity contribution in [3.8, 4) is 0 Å². The summed E-state index contributed by atoms with van der Waals surface area (Å²) < 4.78 is 5.23. The lowest BCUT2D eigenvalue weighted by molar-refractivity contribution is -0.150. The average Bonchev–Trinajstić information content (AvgIpc) is 2.93. The Morgan fingerprint density at radius 2 is 2.00 bits per heavy atom. The van der Waals surface area contributed by atoms with Crippen molar-refractivity contribution in [3.05, 3.63) is 35.9 Å². The lowest BCUT2D eigenvalue weighted by atomic mass is 9.79. The van der Waals surface area contributed by atoms with Gasteiger partial charge < -0.3 is 15.2 Å². The van der Waals surface area contributed by atoms with Gasteiger partial charge >= 0.3 is 12.1 Å². The maximum absolute atomic E-state index is 12.1. The third kappa shape index (κ3) is 3.84. The predicted molar refractivity (Wildman–Crippen MR) is 86.9 cm³/mol. The van der Waals surface area contributed by atoms with Crippen molar-refractivity contribution in [2.75, 3.05) is 0 Å². The Labute approximate surface area is 137 Å². The van der Waals surface area contributed by atoms with Gasteiger partial charge in [-0.25, -0.2) is 4.79 Å². The maximum atomic E-state index is 12.1. The summed E-state index contributed by atoms with van der Waals surface area (Å²) in [5.41, 5.74) is 0.0207. The van der Waals surface area contributed by atoms with Crippen LogP contribution in [0.25, 0.3) is 0 Å². The van der Waals surface area contributed by atoms with E-state index >= 15 is 0 Å². The van der Waals surface area contributed by atoms with Crippen molar-refractivity contribution in [3.63, 3.8) is 0 Å². The van der Waals surface area contributed by atoms with Crippen LogP contribution in [0.5, 0.6) is 0 Å². The average molecular weight is 319 g/mol. The molecule has 0 bridgehead atoms. The molecule has 0 aliphatic heterocycles. The van der Waals surface area contributed by atoms with Crippen molar-refractivity contribution in [1.29, 1.82) is 0 Å². The van der Waals surface area contributed by atoms with Crippen LogP contribution in [-0.4, -0.2) is 23.2 Å². The van der Waals surface area contributed by atoms with E-state index in [0.29, 0.717) is 25.2 Å². The summed E-state index contributed by atoms with van der Waals surface area (Å²) >= 11 is 0. The van der Waals surface area contributed by atoms with Crippen molar-refractivity contribution in [2.45, 2.75) is 52.2 Å². The number of amides is 1. The van der Waals surface area contributed by atoms with Crippen molar-refractivity contribution < 1.29 is 19.4 Å². The number of benzene rings is 1. The molecular weight excluding hydrogens is 294 g/mol. The van der Waals surface area contributed by atoms with Crippen LogP contribution >= 0.6 is 0 Å². The van der Waals surface area contributed by atoms with Gasteiger partial charge in [0.05, 0.1) is 5.41 Å². The van der Waals surface area contributed by atoms with Crippen LogP contribution in [0.3, 0.4) is 0 Å². The van der Waals surface area contributed by atoms with E-state index in [1.807, 2.05) is 37.3 Å². The largest absolute Gasteiger partial charge is 0.481 e. The van der Waals surface area contributed by atoms with E-state index in [2.05, 4.69) is 12.2 Å². The fraction of sp³-hybridized carbons (Fsp3) is 0.556. The smallest absolute Gasteiger partial charge is 0.407 e. The molecule has 0 heterocycles. The number of rotatable bonds is 6. The van der Waals surface area contributed by atoms with Crippen molar-refractivity contribution in [2.24, 2.45) is 11.3 Å². The number of alkyl carbamates (subject to hydrolysis) is 1.